The van der Waals surface area contributed by atoms with Gasteiger partial charge in [0.05, 0.1) is 5.69 Å². The van der Waals surface area contributed by atoms with E-state index in [1.54, 1.807) is 0 Å². The van der Waals surface area contributed by atoms with Crippen LogP contribution in [0.2, 0.25) is 0 Å². The second-order valence-corrected chi connectivity index (χ2v) is 8.12. The van der Waals surface area contributed by atoms with Gasteiger partial charge in [0.15, 0.2) is 5.82 Å². The number of nitrogens with zero attached hydrogens (tertiary/aromatic N) is 3. The quantitative estimate of drug-likeness (QED) is 0.570. The fourth-order valence-corrected chi connectivity index (χ4v) is 3.88. The lowest BCUT2D eigenvalue weighted by atomic mass is 9.99. The molecule has 1 saturated heterocycles. The van der Waals surface area contributed by atoms with E-state index in [4.69, 9.17) is 0 Å². The minimum Gasteiger partial charge on any atom is -0.355 e. The number of urea groups is 1. The van der Waals surface area contributed by atoms with Crippen LogP contribution in [-0.2, 0) is 6.42 Å². The third-order valence-corrected chi connectivity index (χ3v) is 5.82. The topological polar surface area (TPSA) is 70.2 Å². The fourth-order valence-electron chi connectivity index (χ4n) is 3.88. The molecule has 31 heavy (non-hydrogen) atoms. The van der Waals surface area contributed by atoms with Crippen LogP contribution in [0.1, 0.15) is 32.3 Å². The second-order valence-electron chi connectivity index (χ2n) is 8.12. The minimum atomic E-state index is -0.265. The molecule has 0 saturated carbocycles. The highest BCUT2D eigenvalue weighted by Gasteiger charge is 2.17. The van der Waals surface area contributed by atoms with E-state index in [1.165, 1.54) is 12.8 Å². The van der Waals surface area contributed by atoms with Gasteiger partial charge in [-0.15, -0.1) is 10.2 Å². The summed E-state index contributed by atoms with van der Waals surface area (Å²) in [6.07, 6.45) is 3.25. The van der Waals surface area contributed by atoms with E-state index < -0.39 is 0 Å². The number of aromatic nitrogens is 2. The largest absolute Gasteiger partial charge is 0.355 e. The van der Waals surface area contributed by atoms with E-state index in [2.05, 4.69) is 39.6 Å². The van der Waals surface area contributed by atoms with Gasteiger partial charge in [-0.25, -0.2) is 4.79 Å². The Morgan fingerprint density at radius 3 is 2.55 bits per heavy atom. The maximum Gasteiger partial charge on any atom is 0.323 e. The molecule has 0 aliphatic carbocycles. The maximum absolute atomic E-state index is 12.5. The third-order valence-electron chi connectivity index (χ3n) is 5.82. The lowest BCUT2D eigenvalue weighted by Crippen LogP contribution is -2.33. The summed E-state index contributed by atoms with van der Waals surface area (Å²) in [4.78, 5) is 14.8. The van der Waals surface area contributed by atoms with E-state index in [0.717, 1.165) is 53.8 Å². The van der Waals surface area contributed by atoms with E-state index >= 15 is 0 Å². The molecular formula is C25H29N5O. The molecule has 1 aliphatic rings. The molecule has 3 aromatic rings. The molecule has 0 bridgehead atoms. The van der Waals surface area contributed by atoms with Gasteiger partial charge in [-0.3, -0.25) is 0 Å². The molecule has 0 radical (unpaired) electrons. The maximum atomic E-state index is 12.5. The van der Waals surface area contributed by atoms with Crippen LogP contribution in [0.25, 0.3) is 11.3 Å². The van der Waals surface area contributed by atoms with Gasteiger partial charge in [0.1, 0.15) is 0 Å². The van der Waals surface area contributed by atoms with Crippen molar-refractivity contribution in [3.63, 3.8) is 0 Å². The molecule has 160 valence electrons. The molecule has 0 spiro atoms. The van der Waals surface area contributed by atoms with E-state index in [9.17, 15) is 4.79 Å². The number of hydrogen-bond donors (Lipinski definition) is 2. The molecule has 1 aromatic heterocycles. The van der Waals surface area contributed by atoms with Gasteiger partial charge in [0.2, 0.25) is 0 Å². The zero-order valence-electron chi connectivity index (χ0n) is 18.1. The first-order chi connectivity index (χ1) is 15.1. The number of carbonyl (C=O) groups excluding carboxylic acids is 1. The smallest absolute Gasteiger partial charge is 0.323 e. The Hall–Kier alpha value is -3.41. The van der Waals surface area contributed by atoms with Crippen LogP contribution in [0.15, 0.2) is 60.7 Å². The highest BCUT2D eigenvalue weighted by molar-refractivity contribution is 6.00. The Balaban J connectivity index is 1.42. The van der Waals surface area contributed by atoms with Crippen LogP contribution < -0.4 is 15.5 Å². The number of benzene rings is 2. The van der Waals surface area contributed by atoms with Gasteiger partial charge in [-0.1, -0.05) is 44.2 Å². The van der Waals surface area contributed by atoms with Crippen LogP contribution in [0.3, 0.4) is 0 Å². The van der Waals surface area contributed by atoms with Gasteiger partial charge >= 0.3 is 6.03 Å². The number of anilines is 3. The highest BCUT2D eigenvalue weighted by Crippen LogP contribution is 2.24. The van der Waals surface area contributed by atoms with Gasteiger partial charge in [-0.2, -0.15) is 0 Å². The van der Waals surface area contributed by atoms with Crippen molar-refractivity contribution in [3.05, 3.63) is 66.2 Å². The summed E-state index contributed by atoms with van der Waals surface area (Å²) in [6, 6.07) is 19.3. The molecule has 0 unspecified atom stereocenters. The molecule has 2 aromatic carbocycles. The van der Waals surface area contributed by atoms with E-state index in [-0.39, 0.29) is 6.03 Å². The number of para-hydroxylation sites is 1. The summed E-state index contributed by atoms with van der Waals surface area (Å²) >= 11 is 0. The Morgan fingerprint density at radius 2 is 1.81 bits per heavy atom. The summed E-state index contributed by atoms with van der Waals surface area (Å²) in [7, 11) is 0. The zero-order chi connectivity index (χ0) is 21.6. The third kappa shape index (κ3) is 5.20. The van der Waals surface area contributed by atoms with Crippen LogP contribution in [0.4, 0.5) is 22.0 Å². The lowest BCUT2D eigenvalue weighted by Gasteiger charge is -2.30. The predicted molar refractivity (Wildman–Crippen MR) is 127 cm³/mol. The Labute approximate surface area is 183 Å². The number of carbonyl (C=O) groups is 1. The molecule has 6 nitrogen and oxygen atoms in total. The number of amides is 2. The molecule has 1 fully saturated rings. The van der Waals surface area contributed by atoms with Crippen molar-refractivity contribution >= 4 is 23.2 Å². The van der Waals surface area contributed by atoms with Crippen molar-refractivity contribution in [3.8, 4) is 11.3 Å². The molecule has 4 rings (SSSR count). The van der Waals surface area contributed by atoms with Gasteiger partial charge < -0.3 is 15.5 Å². The Morgan fingerprint density at radius 1 is 1.00 bits per heavy atom. The van der Waals surface area contributed by atoms with Gasteiger partial charge in [-0.05, 0) is 61.1 Å². The van der Waals surface area contributed by atoms with E-state index in [1.807, 2.05) is 60.7 Å². The Kier molecular flexibility index (Phi) is 6.46. The normalized spacial score (nSPS) is 14.3. The summed E-state index contributed by atoms with van der Waals surface area (Å²) in [5.41, 5.74) is 4.34. The lowest BCUT2D eigenvalue weighted by molar-refractivity contribution is 0.262. The van der Waals surface area contributed by atoms with Crippen molar-refractivity contribution in [2.45, 2.75) is 33.1 Å². The first kappa shape index (κ1) is 20.8. The van der Waals surface area contributed by atoms with Crippen molar-refractivity contribution in [1.82, 2.24) is 10.2 Å². The van der Waals surface area contributed by atoms with Crippen LogP contribution >= 0.6 is 0 Å². The monoisotopic (exact) mass is 415 g/mol. The number of aryl methyl sites for hydroxylation is 1. The van der Waals surface area contributed by atoms with Crippen LogP contribution in [-0.4, -0.2) is 29.3 Å². The standard InChI is InChI=1S/C25H29N5O/c1-3-19-7-4-5-10-22(19)27-25(31)26-21-9-6-8-20(17-21)23-11-12-24(29-28-23)30-15-13-18(2)14-16-30/h4-12,17-18H,3,13-16H2,1-2H3,(H2,26,27,31). The van der Waals surface area contributed by atoms with Crippen molar-refractivity contribution in [1.29, 1.82) is 0 Å². The first-order valence-electron chi connectivity index (χ1n) is 11.0. The molecule has 2 heterocycles. The minimum absolute atomic E-state index is 0.265. The summed E-state index contributed by atoms with van der Waals surface area (Å²) in [6.45, 7) is 6.44. The summed E-state index contributed by atoms with van der Waals surface area (Å²) in [5, 5.41) is 14.7. The first-order valence-corrected chi connectivity index (χ1v) is 11.0. The number of rotatable bonds is 5. The highest BCUT2D eigenvalue weighted by atomic mass is 16.2. The summed E-state index contributed by atoms with van der Waals surface area (Å²) < 4.78 is 0. The molecule has 6 heteroatoms. The van der Waals surface area contributed by atoms with Crippen molar-refractivity contribution in [2.75, 3.05) is 28.6 Å². The number of hydrogen-bond acceptors (Lipinski definition) is 4. The fraction of sp³-hybridized carbons (Fsp3) is 0.320. The second kappa shape index (κ2) is 9.60. The SMILES string of the molecule is CCc1ccccc1NC(=O)Nc1cccc(-c2ccc(N3CCC(C)CC3)nn2)c1. The van der Waals surface area contributed by atoms with Crippen molar-refractivity contribution in [2.24, 2.45) is 5.92 Å². The predicted octanol–water partition coefficient (Wildman–Crippen LogP) is 5.59. The molecule has 2 amide bonds. The molecule has 0 atom stereocenters. The average molecular weight is 416 g/mol. The molecule has 1 aliphatic heterocycles. The average Bonchev–Trinajstić information content (AvgIpc) is 2.80. The zero-order valence-corrected chi connectivity index (χ0v) is 18.1. The number of piperidine rings is 1. The number of nitrogens with one attached hydrogen (secondary N) is 2. The molecule has 2 N–H and O–H groups in total. The van der Waals surface area contributed by atoms with Crippen LogP contribution in [0, 0.1) is 5.92 Å². The van der Waals surface area contributed by atoms with Gasteiger partial charge in [0.25, 0.3) is 0 Å². The summed E-state index contributed by atoms with van der Waals surface area (Å²) in [5.74, 6) is 1.71. The van der Waals surface area contributed by atoms with Crippen molar-refractivity contribution < 1.29 is 4.79 Å². The van der Waals surface area contributed by atoms with Gasteiger partial charge in [0, 0.05) is 30.0 Å². The Bertz CT molecular complexity index is 1030. The molecular weight excluding hydrogens is 386 g/mol. The van der Waals surface area contributed by atoms with E-state index in [0.29, 0.717) is 5.69 Å². The van der Waals surface area contributed by atoms with Crippen LogP contribution in [0.5, 0.6) is 0 Å².